The molecule has 2 aromatic heterocycles. The zero-order valence-corrected chi connectivity index (χ0v) is 17.6. The maximum atomic E-state index is 12.6. The number of nitrogen functional groups attached to an aromatic ring is 1. The summed E-state index contributed by atoms with van der Waals surface area (Å²) in [4.78, 5) is 9.52. The Hall–Kier alpha value is -2.41. The third-order valence-corrected chi connectivity index (χ3v) is 6.94. The van der Waals surface area contributed by atoms with Crippen molar-refractivity contribution in [1.29, 1.82) is 0 Å². The molecule has 3 aromatic rings. The summed E-state index contributed by atoms with van der Waals surface area (Å²) in [5.74, 6) is 1.49. The van der Waals surface area contributed by atoms with Gasteiger partial charge < -0.3 is 10.3 Å². The molecule has 0 saturated carbocycles. The van der Waals surface area contributed by atoms with Crippen molar-refractivity contribution in [2.45, 2.75) is 57.9 Å². The lowest BCUT2D eigenvalue weighted by Crippen LogP contribution is -2.12. The summed E-state index contributed by atoms with van der Waals surface area (Å²) in [6.07, 6.45) is 3.45. The Kier molecular flexibility index (Phi) is 6.03. The molecular formula is C21H28N4O2S. The maximum absolute atomic E-state index is 12.6. The van der Waals surface area contributed by atoms with E-state index in [1.807, 2.05) is 19.9 Å². The zero-order valence-electron chi connectivity index (χ0n) is 16.8. The van der Waals surface area contributed by atoms with E-state index in [-0.39, 0.29) is 5.75 Å². The van der Waals surface area contributed by atoms with Gasteiger partial charge in [-0.2, -0.15) is 0 Å². The second-order valence-electron chi connectivity index (χ2n) is 7.17. The van der Waals surface area contributed by atoms with Crippen molar-refractivity contribution in [3.63, 3.8) is 0 Å². The van der Waals surface area contributed by atoms with Gasteiger partial charge in [0.2, 0.25) is 0 Å². The lowest BCUT2D eigenvalue weighted by atomic mass is 10.2. The highest BCUT2D eigenvalue weighted by Gasteiger charge is 2.19. The minimum Gasteiger partial charge on any atom is -0.382 e. The fraction of sp³-hybridized carbons (Fsp3) is 0.429. The molecule has 6 nitrogen and oxygen atoms in total. The Labute approximate surface area is 166 Å². The Balaban J connectivity index is 1.91. The normalized spacial score (nSPS) is 12.0. The number of imidazole rings is 1. The lowest BCUT2D eigenvalue weighted by molar-refractivity contribution is 0.583. The monoisotopic (exact) mass is 400 g/mol. The summed E-state index contributed by atoms with van der Waals surface area (Å²) in [6, 6.07) is 8.62. The van der Waals surface area contributed by atoms with Gasteiger partial charge in [-0.3, -0.25) is 0 Å². The number of pyridine rings is 1. The van der Waals surface area contributed by atoms with Crippen LogP contribution in [0.25, 0.3) is 11.0 Å². The molecule has 0 atom stereocenters. The van der Waals surface area contributed by atoms with Gasteiger partial charge in [-0.25, -0.2) is 18.4 Å². The van der Waals surface area contributed by atoms with Crippen LogP contribution in [-0.2, 0) is 22.8 Å². The molecule has 0 bridgehead atoms. The molecule has 0 unspecified atom stereocenters. The zero-order chi connectivity index (χ0) is 20.3. The van der Waals surface area contributed by atoms with E-state index in [4.69, 9.17) is 10.7 Å². The van der Waals surface area contributed by atoms with Gasteiger partial charge in [0.1, 0.15) is 11.3 Å². The van der Waals surface area contributed by atoms with Crippen molar-refractivity contribution in [2.75, 3.05) is 11.5 Å². The first-order chi connectivity index (χ1) is 13.3. The Morgan fingerprint density at radius 1 is 1.07 bits per heavy atom. The predicted molar refractivity (Wildman–Crippen MR) is 113 cm³/mol. The second kappa shape index (κ2) is 8.31. The number of nitrogens with zero attached hydrogens (tertiary/aromatic N) is 3. The van der Waals surface area contributed by atoms with E-state index in [1.165, 1.54) is 0 Å². The van der Waals surface area contributed by atoms with Crippen molar-refractivity contribution in [3.05, 3.63) is 47.4 Å². The fourth-order valence-corrected chi connectivity index (χ4v) is 4.79. The van der Waals surface area contributed by atoms with Crippen LogP contribution in [0.2, 0.25) is 0 Å². The average molecular weight is 401 g/mol. The first-order valence-electron chi connectivity index (χ1n) is 9.74. The molecule has 0 saturated heterocycles. The number of rotatable bonds is 8. The predicted octanol–water partition coefficient (Wildman–Crippen LogP) is 3.84. The van der Waals surface area contributed by atoms with Gasteiger partial charge in [-0.05, 0) is 44.4 Å². The largest absolute Gasteiger partial charge is 0.382 e. The van der Waals surface area contributed by atoms with E-state index < -0.39 is 9.84 Å². The number of hydrogen-bond acceptors (Lipinski definition) is 5. The van der Waals surface area contributed by atoms with Gasteiger partial charge in [0.15, 0.2) is 15.7 Å². The number of aryl methyl sites for hydroxylation is 4. The van der Waals surface area contributed by atoms with Crippen molar-refractivity contribution in [3.8, 4) is 0 Å². The molecule has 2 heterocycles. The summed E-state index contributed by atoms with van der Waals surface area (Å²) in [5.41, 5.74) is 9.76. The molecule has 0 spiro atoms. The van der Waals surface area contributed by atoms with Crippen molar-refractivity contribution in [1.82, 2.24) is 14.5 Å². The molecule has 0 amide bonds. The molecule has 0 aliphatic heterocycles. The highest BCUT2D eigenvalue weighted by Crippen LogP contribution is 2.27. The quantitative estimate of drug-likeness (QED) is 0.620. The fourth-order valence-electron chi connectivity index (χ4n) is 3.47. The third-order valence-electron chi connectivity index (χ3n) is 5.13. The van der Waals surface area contributed by atoms with Gasteiger partial charge in [0.25, 0.3) is 0 Å². The van der Waals surface area contributed by atoms with Gasteiger partial charge in [-0.15, -0.1) is 0 Å². The van der Waals surface area contributed by atoms with E-state index in [0.29, 0.717) is 23.7 Å². The highest BCUT2D eigenvalue weighted by molar-refractivity contribution is 7.91. The summed E-state index contributed by atoms with van der Waals surface area (Å²) in [5, 5.41) is 0. The summed E-state index contributed by atoms with van der Waals surface area (Å²) in [6.45, 7) is 6.69. The molecule has 0 aliphatic rings. The van der Waals surface area contributed by atoms with E-state index in [1.54, 1.807) is 24.3 Å². The number of anilines is 1. The molecule has 0 fully saturated rings. The summed E-state index contributed by atoms with van der Waals surface area (Å²) in [7, 11) is -3.29. The van der Waals surface area contributed by atoms with Crippen LogP contribution in [0, 0.1) is 13.8 Å². The van der Waals surface area contributed by atoms with Gasteiger partial charge in [0, 0.05) is 18.7 Å². The average Bonchev–Trinajstić information content (AvgIpc) is 3.04. The van der Waals surface area contributed by atoms with Crippen LogP contribution < -0.4 is 5.73 Å². The summed E-state index contributed by atoms with van der Waals surface area (Å²) >= 11 is 0. The van der Waals surface area contributed by atoms with E-state index >= 15 is 0 Å². The molecule has 0 radical (unpaired) electrons. The molecule has 2 N–H and O–H groups in total. The number of sulfone groups is 1. The standard InChI is InChI=1S/C21H28N4O2S/c1-4-5-12-18-24-19-20(15(2)16(3)23-21(19)22)25(18)13-9-14-28(26,27)17-10-7-6-8-11-17/h6-8,10-11H,4-5,9,12-14H2,1-3H3,(H2,22,23). The number of hydrogen-bond donors (Lipinski definition) is 1. The van der Waals surface area contributed by atoms with Crippen molar-refractivity contribution in [2.24, 2.45) is 0 Å². The molecule has 150 valence electrons. The topological polar surface area (TPSA) is 90.9 Å². The Morgan fingerprint density at radius 3 is 2.46 bits per heavy atom. The van der Waals surface area contributed by atoms with Gasteiger partial charge >= 0.3 is 0 Å². The van der Waals surface area contributed by atoms with Crippen molar-refractivity contribution >= 4 is 26.7 Å². The molecule has 28 heavy (non-hydrogen) atoms. The Morgan fingerprint density at radius 2 is 1.79 bits per heavy atom. The first-order valence-corrected chi connectivity index (χ1v) is 11.4. The molecule has 0 aliphatic carbocycles. The minimum atomic E-state index is -3.29. The maximum Gasteiger partial charge on any atom is 0.178 e. The van der Waals surface area contributed by atoms with Crippen LogP contribution in [0.3, 0.4) is 0 Å². The summed E-state index contributed by atoms with van der Waals surface area (Å²) < 4.78 is 27.3. The first kappa shape index (κ1) is 20.3. The highest BCUT2D eigenvalue weighted by atomic mass is 32.2. The van der Waals surface area contributed by atoms with Crippen LogP contribution >= 0.6 is 0 Å². The Bertz CT molecular complexity index is 1070. The molecular weight excluding hydrogens is 372 g/mol. The van der Waals surface area contributed by atoms with E-state index in [9.17, 15) is 8.42 Å². The van der Waals surface area contributed by atoms with Crippen LogP contribution in [0.5, 0.6) is 0 Å². The third kappa shape index (κ3) is 4.04. The van der Waals surface area contributed by atoms with Crippen LogP contribution in [-0.4, -0.2) is 28.7 Å². The second-order valence-corrected chi connectivity index (χ2v) is 9.28. The van der Waals surface area contributed by atoms with Crippen LogP contribution in [0.4, 0.5) is 5.82 Å². The van der Waals surface area contributed by atoms with E-state index in [2.05, 4.69) is 16.5 Å². The van der Waals surface area contributed by atoms with Crippen LogP contribution in [0.1, 0.15) is 43.3 Å². The molecule has 3 rings (SSSR count). The number of aromatic nitrogens is 3. The van der Waals surface area contributed by atoms with E-state index in [0.717, 1.165) is 47.4 Å². The number of fused-ring (bicyclic) bond motifs is 1. The molecule has 7 heteroatoms. The number of benzene rings is 1. The lowest BCUT2D eigenvalue weighted by Gasteiger charge is -2.12. The number of nitrogens with two attached hydrogens (primary N) is 1. The van der Waals surface area contributed by atoms with Gasteiger partial charge in [0.05, 0.1) is 16.2 Å². The number of unbranched alkanes of at least 4 members (excludes halogenated alkanes) is 1. The minimum absolute atomic E-state index is 0.0997. The SMILES string of the molecule is CCCCc1nc2c(N)nc(C)c(C)c2n1CCCS(=O)(=O)c1ccccc1. The van der Waals surface area contributed by atoms with Gasteiger partial charge in [-0.1, -0.05) is 31.5 Å². The molecule has 1 aromatic carbocycles. The smallest absolute Gasteiger partial charge is 0.178 e. The van der Waals surface area contributed by atoms with Crippen LogP contribution in [0.15, 0.2) is 35.2 Å². The van der Waals surface area contributed by atoms with Crippen molar-refractivity contribution < 1.29 is 8.42 Å².